The third kappa shape index (κ3) is 3.01. The van der Waals surface area contributed by atoms with Crippen LogP contribution in [0.4, 0.5) is 5.00 Å². The largest absolute Gasteiger partial charge is 0.493 e. The number of benzene rings is 1. The van der Waals surface area contributed by atoms with E-state index in [-0.39, 0.29) is 0 Å². The molecule has 96 valence electrons. The molecule has 0 amide bonds. The summed E-state index contributed by atoms with van der Waals surface area (Å²) >= 11 is 1.52. The van der Waals surface area contributed by atoms with Gasteiger partial charge in [-0.3, -0.25) is 0 Å². The number of nitrogens with two attached hydrogens (primary N) is 1. The molecule has 3 nitrogen and oxygen atoms in total. The molecule has 0 unspecified atom stereocenters. The van der Waals surface area contributed by atoms with E-state index in [9.17, 15) is 0 Å². The molecular formula is C14H18N2OS. The molecule has 0 bridgehead atoms. The molecule has 0 aliphatic heterocycles. The van der Waals surface area contributed by atoms with Crippen LogP contribution in [-0.2, 0) is 0 Å². The summed E-state index contributed by atoms with van der Waals surface area (Å²) in [5.41, 5.74) is 7.84. The molecule has 0 aliphatic rings. The highest BCUT2D eigenvalue weighted by molar-refractivity contribution is 7.16. The Balaban J connectivity index is 2.15. The van der Waals surface area contributed by atoms with Crippen LogP contribution in [0.15, 0.2) is 24.3 Å². The van der Waals surface area contributed by atoms with Gasteiger partial charge in [-0.1, -0.05) is 13.8 Å². The highest BCUT2D eigenvalue weighted by atomic mass is 32.1. The first-order valence-corrected chi connectivity index (χ1v) is 6.84. The summed E-state index contributed by atoms with van der Waals surface area (Å²) in [5, 5.41) is 1.76. The lowest BCUT2D eigenvalue weighted by Gasteiger charge is -2.08. The number of aromatic nitrogens is 1. The Morgan fingerprint density at radius 3 is 2.44 bits per heavy atom. The number of nitrogen functional groups attached to an aromatic ring is 1. The van der Waals surface area contributed by atoms with Gasteiger partial charge in [0.05, 0.1) is 11.6 Å². The normalized spacial score (nSPS) is 10.9. The van der Waals surface area contributed by atoms with Crippen molar-refractivity contribution in [1.29, 1.82) is 0 Å². The van der Waals surface area contributed by atoms with Crippen LogP contribution >= 0.6 is 11.3 Å². The Kier molecular flexibility index (Phi) is 3.87. The molecule has 18 heavy (non-hydrogen) atoms. The van der Waals surface area contributed by atoms with E-state index in [0.717, 1.165) is 33.6 Å². The van der Waals surface area contributed by atoms with E-state index >= 15 is 0 Å². The third-order valence-corrected chi connectivity index (χ3v) is 3.27. The predicted octanol–water partition coefficient (Wildman–Crippen LogP) is 3.74. The van der Waals surface area contributed by atoms with E-state index in [1.807, 2.05) is 31.2 Å². The molecule has 2 rings (SSSR count). The minimum Gasteiger partial charge on any atom is -0.493 e. The van der Waals surface area contributed by atoms with Gasteiger partial charge in [0.15, 0.2) is 0 Å². The van der Waals surface area contributed by atoms with Crippen LogP contribution in [-0.4, -0.2) is 11.6 Å². The van der Waals surface area contributed by atoms with Crippen LogP contribution in [0.3, 0.4) is 0 Å². The van der Waals surface area contributed by atoms with Gasteiger partial charge in [0.2, 0.25) is 0 Å². The average Bonchev–Trinajstić information content (AvgIpc) is 2.66. The second-order valence-electron chi connectivity index (χ2n) is 4.67. The summed E-state index contributed by atoms with van der Waals surface area (Å²) in [6.07, 6.45) is 0. The van der Waals surface area contributed by atoms with Gasteiger partial charge in [-0.2, -0.15) is 0 Å². The Morgan fingerprint density at radius 1 is 1.28 bits per heavy atom. The topological polar surface area (TPSA) is 48.1 Å². The van der Waals surface area contributed by atoms with E-state index < -0.39 is 0 Å². The van der Waals surface area contributed by atoms with Crippen molar-refractivity contribution < 1.29 is 4.74 Å². The van der Waals surface area contributed by atoms with Crippen molar-refractivity contribution in [2.24, 2.45) is 5.92 Å². The number of aryl methyl sites for hydroxylation is 1. The maximum absolute atomic E-state index is 5.93. The van der Waals surface area contributed by atoms with Gasteiger partial charge in [-0.05, 0) is 37.1 Å². The number of nitrogens with zero attached hydrogens (tertiary/aromatic N) is 1. The van der Waals surface area contributed by atoms with Gasteiger partial charge in [0.25, 0.3) is 0 Å². The Labute approximate surface area is 112 Å². The van der Waals surface area contributed by atoms with Crippen molar-refractivity contribution in [3.05, 3.63) is 29.3 Å². The number of anilines is 1. The first kappa shape index (κ1) is 12.9. The number of thiazole rings is 1. The second kappa shape index (κ2) is 5.40. The van der Waals surface area contributed by atoms with Gasteiger partial charge in [-0.15, -0.1) is 11.3 Å². The standard InChI is InChI=1S/C14H18N2OS/c1-9(2)8-17-12-6-4-11(5-7-12)13-14(15)18-10(3)16-13/h4-7,9H,8,15H2,1-3H3. The summed E-state index contributed by atoms with van der Waals surface area (Å²) in [7, 11) is 0. The molecule has 0 saturated heterocycles. The molecule has 1 aromatic heterocycles. The molecular weight excluding hydrogens is 244 g/mol. The average molecular weight is 262 g/mol. The van der Waals surface area contributed by atoms with Crippen LogP contribution in [0.2, 0.25) is 0 Å². The Hall–Kier alpha value is -1.55. The first-order valence-electron chi connectivity index (χ1n) is 6.02. The fraction of sp³-hybridized carbons (Fsp3) is 0.357. The first-order chi connectivity index (χ1) is 8.56. The van der Waals surface area contributed by atoms with Crippen LogP contribution in [0, 0.1) is 12.8 Å². The molecule has 0 fully saturated rings. The van der Waals surface area contributed by atoms with E-state index in [1.165, 1.54) is 11.3 Å². The lowest BCUT2D eigenvalue weighted by atomic mass is 10.1. The molecule has 0 saturated carbocycles. The summed E-state index contributed by atoms with van der Waals surface area (Å²) in [6.45, 7) is 6.96. The minimum atomic E-state index is 0.529. The minimum absolute atomic E-state index is 0.529. The fourth-order valence-corrected chi connectivity index (χ4v) is 2.34. The summed E-state index contributed by atoms with van der Waals surface area (Å²) < 4.78 is 5.64. The fourth-order valence-electron chi connectivity index (χ4n) is 1.62. The van der Waals surface area contributed by atoms with Crippen LogP contribution in [0.1, 0.15) is 18.9 Å². The molecule has 0 radical (unpaired) electrons. The van der Waals surface area contributed by atoms with Crippen molar-refractivity contribution in [2.45, 2.75) is 20.8 Å². The third-order valence-electron chi connectivity index (χ3n) is 2.47. The number of ether oxygens (including phenoxy) is 1. The zero-order valence-electron chi connectivity index (χ0n) is 10.9. The molecule has 2 N–H and O–H groups in total. The van der Waals surface area contributed by atoms with Crippen molar-refractivity contribution in [3.8, 4) is 17.0 Å². The SMILES string of the molecule is Cc1nc(-c2ccc(OCC(C)C)cc2)c(N)s1. The van der Waals surface area contributed by atoms with E-state index in [1.54, 1.807) is 0 Å². The van der Waals surface area contributed by atoms with Crippen LogP contribution in [0.25, 0.3) is 11.3 Å². The van der Waals surface area contributed by atoms with Crippen LogP contribution in [0.5, 0.6) is 5.75 Å². The zero-order valence-corrected chi connectivity index (χ0v) is 11.8. The molecule has 0 spiro atoms. The highest BCUT2D eigenvalue weighted by Crippen LogP contribution is 2.31. The monoisotopic (exact) mass is 262 g/mol. The van der Waals surface area contributed by atoms with Crippen molar-refractivity contribution in [1.82, 2.24) is 4.98 Å². The van der Waals surface area contributed by atoms with Crippen molar-refractivity contribution in [2.75, 3.05) is 12.3 Å². The van der Waals surface area contributed by atoms with Gasteiger partial charge >= 0.3 is 0 Å². The summed E-state index contributed by atoms with van der Waals surface area (Å²) in [5.74, 6) is 1.42. The maximum Gasteiger partial charge on any atom is 0.119 e. The maximum atomic E-state index is 5.93. The smallest absolute Gasteiger partial charge is 0.119 e. The molecule has 4 heteroatoms. The van der Waals surface area contributed by atoms with E-state index in [4.69, 9.17) is 10.5 Å². The van der Waals surface area contributed by atoms with Gasteiger partial charge in [-0.25, -0.2) is 4.98 Å². The number of rotatable bonds is 4. The summed E-state index contributed by atoms with van der Waals surface area (Å²) in [4.78, 5) is 4.44. The lowest BCUT2D eigenvalue weighted by Crippen LogP contribution is -2.04. The molecule has 0 aliphatic carbocycles. The quantitative estimate of drug-likeness (QED) is 0.913. The molecule has 1 aromatic carbocycles. The molecule has 1 heterocycles. The zero-order chi connectivity index (χ0) is 13.1. The van der Waals surface area contributed by atoms with Gasteiger partial charge < -0.3 is 10.5 Å². The molecule has 0 atom stereocenters. The Morgan fingerprint density at radius 2 is 1.94 bits per heavy atom. The van der Waals surface area contributed by atoms with Gasteiger partial charge in [0.1, 0.15) is 16.4 Å². The number of hydrogen-bond acceptors (Lipinski definition) is 4. The highest BCUT2D eigenvalue weighted by Gasteiger charge is 2.08. The van der Waals surface area contributed by atoms with E-state index in [0.29, 0.717) is 5.92 Å². The van der Waals surface area contributed by atoms with Crippen LogP contribution < -0.4 is 10.5 Å². The number of hydrogen-bond donors (Lipinski definition) is 1. The van der Waals surface area contributed by atoms with Crippen molar-refractivity contribution in [3.63, 3.8) is 0 Å². The summed E-state index contributed by atoms with van der Waals surface area (Å²) in [6, 6.07) is 7.93. The molecule has 2 aromatic rings. The predicted molar refractivity (Wildman–Crippen MR) is 77.0 cm³/mol. The van der Waals surface area contributed by atoms with E-state index in [2.05, 4.69) is 18.8 Å². The van der Waals surface area contributed by atoms with Crippen molar-refractivity contribution >= 4 is 16.3 Å². The second-order valence-corrected chi connectivity index (χ2v) is 5.91. The lowest BCUT2D eigenvalue weighted by molar-refractivity contribution is 0.271. The Bertz CT molecular complexity index is 517. The van der Waals surface area contributed by atoms with Gasteiger partial charge in [0, 0.05) is 5.56 Å².